The van der Waals surface area contributed by atoms with Crippen LogP contribution in [0, 0.1) is 6.92 Å². The van der Waals surface area contributed by atoms with Gasteiger partial charge >= 0.3 is 0 Å². The van der Waals surface area contributed by atoms with Crippen molar-refractivity contribution in [1.82, 2.24) is 4.98 Å². The van der Waals surface area contributed by atoms with Crippen LogP contribution >= 0.6 is 0 Å². The molecule has 0 saturated carbocycles. The Bertz CT molecular complexity index is 1030. The maximum absolute atomic E-state index is 5.00. The van der Waals surface area contributed by atoms with Crippen LogP contribution in [0.25, 0.3) is 34.2 Å². The van der Waals surface area contributed by atoms with Gasteiger partial charge in [-0.3, -0.25) is 0 Å². The quantitative estimate of drug-likeness (QED) is 0.426. The van der Waals surface area contributed by atoms with E-state index in [9.17, 15) is 0 Å². The van der Waals surface area contributed by atoms with E-state index in [4.69, 9.17) is 4.98 Å². The van der Waals surface area contributed by atoms with Crippen LogP contribution in [-0.2, 0) is 0 Å². The van der Waals surface area contributed by atoms with Crippen molar-refractivity contribution in [3.63, 3.8) is 0 Å². The molecule has 0 aliphatic carbocycles. The van der Waals surface area contributed by atoms with Crippen molar-refractivity contribution in [1.29, 1.82) is 0 Å². The van der Waals surface area contributed by atoms with Gasteiger partial charge in [-0.05, 0) is 29.5 Å². The number of rotatable bonds is 3. The maximum Gasteiger partial charge on any atom is 0.0744 e. The monoisotopic (exact) mass is 321 g/mol. The standard InChI is InChI=1S/C24H19N/c1-18-21-14-8-9-15-22(21)23(17-16-19-10-4-2-5-11-19)25-24(18)20-12-6-3-7-13-20/h2-17H,1H3/b17-16+. The van der Waals surface area contributed by atoms with Crippen LogP contribution < -0.4 is 0 Å². The molecule has 4 aromatic rings. The van der Waals surface area contributed by atoms with E-state index in [0.717, 1.165) is 17.0 Å². The van der Waals surface area contributed by atoms with E-state index in [1.807, 2.05) is 12.1 Å². The fourth-order valence-electron chi connectivity index (χ4n) is 3.17. The van der Waals surface area contributed by atoms with Crippen molar-refractivity contribution >= 4 is 22.9 Å². The normalized spacial score (nSPS) is 11.2. The fraction of sp³-hybridized carbons (Fsp3) is 0.0417. The first-order valence-electron chi connectivity index (χ1n) is 8.51. The first-order valence-corrected chi connectivity index (χ1v) is 8.51. The Labute approximate surface area is 148 Å². The number of nitrogens with zero attached hydrogens (tertiary/aromatic N) is 1. The first-order chi connectivity index (χ1) is 12.3. The molecule has 0 aliphatic rings. The van der Waals surface area contributed by atoms with Gasteiger partial charge in [-0.1, -0.05) is 91.0 Å². The number of pyridine rings is 1. The third-order valence-corrected chi connectivity index (χ3v) is 4.47. The molecular weight excluding hydrogens is 302 g/mol. The van der Waals surface area contributed by atoms with Gasteiger partial charge in [0.05, 0.1) is 11.4 Å². The van der Waals surface area contributed by atoms with Crippen LogP contribution in [0.3, 0.4) is 0 Å². The van der Waals surface area contributed by atoms with Crippen molar-refractivity contribution in [2.24, 2.45) is 0 Å². The molecule has 0 radical (unpaired) electrons. The SMILES string of the molecule is Cc1c(-c2ccccc2)nc(/C=C/c2ccccc2)c2ccccc12. The number of hydrogen-bond acceptors (Lipinski definition) is 1. The van der Waals surface area contributed by atoms with Crippen molar-refractivity contribution in [2.75, 3.05) is 0 Å². The Balaban J connectivity index is 1.91. The molecule has 0 saturated heterocycles. The highest BCUT2D eigenvalue weighted by atomic mass is 14.7. The van der Waals surface area contributed by atoms with Gasteiger partial charge in [0.15, 0.2) is 0 Å². The second-order valence-electron chi connectivity index (χ2n) is 6.13. The topological polar surface area (TPSA) is 12.9 Å². The van der Waals surface area contributed by atoms with E-state index in [2.05, 4.69) is 91.9 Å². The van der Waals surface area contributed by atoms with E-state index in [-0.39, 0.29) is 0 Å². The number of fused-ring (bicyclic) bond motifs is 1. The summed E-state index contributed by atoms with van der Waals surface area (Å²) in [6, 6.07) is 29.2. The van der Waals surface area contributed by atoms with Crippen molar-refractivity contribution in [3.8, 4) is 11.3 Å². The summed E-state index contributed by atoms with van der Waals surface area (Å²) < 4.78 is 0. The molecule has 1 aromatic heterocycles. The molecule has 1 nitrogen and oxygen atoms in total. The average molecular weight is 321 g/mol. The summed E-state index contributed by atoms with van der Waals surface area (Å²) in [5.41, 5.74) is 5.60. The Morgan fingerprint density at radius 2 is 1.24 bits per heavy atom. The highest BCUT2D eigenvalue weighted by molar-refractivity contribution is 5.96. The minimum absolute atomic E-state index is 1.00. The van der Waals surface area contributed by atoms with E-state index >= 15 is 0 Å². The number of aromatic nitrogens is 1. The minimum Gasteiger partial charge on any atom is -0.247 e. The zero-order valence-electron chi connectivity index (χ0n) is 14.2. The summed E-state index contributed by atoms with van der Waals surface area (Å²) in [5, 5.41) is 2.44. The summed E-state index contributed by atoms with van der Waals surface area (Å²) in [4.78, 5) is 5.00. The van der Waals surface area contributed by atoms with E-state index < -0.39 is 0 Å². The molecule has 0 amide bonds. The number of aryl methyl sites for hydroxylation is 1. The van der Waals surface area contributed by atoms with Gasteiger partial charge in [-0.25, -0.2) is 4.98 Å². The summed E-state index contributed by atoms with van der Waals surface area (Å²) in [5.74, 6) is 0. The van der Waals surface area contributed by atoms with Crippen molar-refractivity contribution in [3.05, 3.63) is 102 Å². The second-order valence-corrected chi connectivity index (χ2v) is 6.13. The van der Waals surface area contributed by atoms with E-state index in [1.54, 1.807) is 0 Å². The molecule has 0 atom stereocenters. The van der Waals surface area contributed by atoms with Gasteiger partial charge in [0.1, 0.15) is 0 Å². The largest absolute Gasteiger partial charge is 0.247 e. The fourth-order valence-corrected chi connectivity index (χ4v) is 3.17. The Morgan fingerprint density at radius 3 is 1.96 bits per heavy atom. The lowest BCUT2D eigenvalue weighted by molar-refractivity contribution is 1.28. The highest BCUT2D eigenvalue weighted by Crippen LogP contribution is 2.30. The van der Waals surface area contributed by atoms with Gasteiger partial charge < -0.3 is 0 Å². The minimum atomic E-state index is 1.00. The third-order valence-electron chi connectivity index (χ3n) is 4.47. The van der Waals surface area contributed by atoms with Gasteiger partial charge in [-0.2, -0.15) is 0 Å². The van der Waals surface area contributed by atoms with Crippen LogP contribution in [0.4, 0.5) is 0 Å². The lowest BCUT2D eigenvalue weighted by atomic mass is 9.98. The Hall–Kier alpha value is -3.19. The molecular formula is C24H19N. The summed E-state index contributed by atoms with van der Waals surface area (Å²) >= 11 is 0. The lowest BCUT2D eigenvalue weighted by Gasteiger charge is -2.12. The predicted octanol–water partition coefficient (Wildman–Crippen LogP) is 6.38. The van der Waals surface area contributed by atoms with Gasteiger partial charge in [0.2, 0.25) is 0 Å². The van der Waals surface area contributed by atoms with Gasteiger partial charge in [0.25, 0.3) is 0 Å². The summed E-state index contributed by atoms with van der Waals surface area (Å²) in [6.07, 6.45) is 4.24. The van der Waals surface area contributed by atoms with Gasteiger partial charge in [-0.15, -0.1) is 0 Å². The molecule has 25 heavy (non-hydrogen) atoms. The Kier molecular flexibility index (Phi) is 4.14. The smallest absolute Gasteiger partial charge is 0.0744 e. The molecule has 1 heterocycles. The molecule has 120 valence electrons. The molecule has 1 heteroatoms. The van der Waals surface area contributed by atoms with Crippen molar-refractivity contribution in [2.45, 2.75) is 6.92 Å². The Morgan fingerprint density at radius 1 is 0.640 bits per heavy atom. The predicted molar refractivity (Wildman–Crippen MR) is 107 cm³/mol. The maximum atomic E-state index is 5.00. The number of hydrogen-bond donors (Lipinski definition) is 0. The van der Waals surface area contributed by atoms with Gasteiger partial charge in [0, 0.05) is 10.9 Å². The average Bonchev–Trinajstić information content (AvgIpc) is 2.69. The highest BCUT2D eigenvalue weighted by Gasteiger charge is 2.10. The summed E-state index contributed by atoms with van der Waals surface area (Å²) in [6.45, 7) is 2.16. The molecule has 0 unspecified atom stereocenters. The molecule has 0 fully saturated rings. The van der Waals surface area contributed by atoms with Crippen LogP contribution in [0.5, 0.6) is 0 Å². The van der Waals surface area contributed by atoms with Crippen LogP contribution in [0.15, 0.2) is 84.9 Å². The molecule has 0 N–H and O–H groups in total. The van der Waals surface area contributed by atoms with Crippen molar-refractivity contribution < 1.29 is 0 Å². The van der Waals surface area contributed by atoms with E-state index in [0.29, 0.717) is 0 Å². The molecule has 3 aromatic carbocycles. The third kappa shape index (κ3) is 3.09. The first kappa shape index (κ1) is 15.3. The number of benzene rings is 3. The summed E-state index contributed by atoms with van der Waals surface area (Å²) in [7, 11) is 0. The zero-order chi connectivity index (χ0) is 17.1. The molecule has 0 aliphatic heterocycles. The second kappa shape index (κ2) is 6.74. The molecule has 0 bridgehead atoms. The molecule has 4 rings (SSSR count). The van der Waals surface area contributed by atoms with Crippen LogP contribution in [0.2, 0.25) is 0 Å². The molecule has 0 spiro atoms. The van der Waals surface area contributed by atoms with E-state index in [1.165, 1.54) is 21.9 Å². The van der Waals surface area contributed by atoms with Crippen LogP contribution in [0.1, 0.15) is 16.8 Å². The lowest BCUT2D eigenvalue weighted by Crippen LogP contribution is -1.94. The zero-order valence-corrected chi connectivity index (χ0v) is 14.2. The van der Waals surface area contributed by atoms with Crippen LogP contribution in [-0.4, -0.2) is 4.98 Å².